The first-order chi connectivity index (χ1) is 25.6. The number of esters is 1. The zero-order valence-corrected chi connectivity index (χ0v) is 35.2. The summed E-state index contributed by atoms with van der Waals surface area (Å²) in [6, 6.07) is 26.6. The lowest BCUT2D eigenvalue weighted by atomic mass is 9.84. The fourth-order valence-electron chi connectivity index (χ4n) is 5.73. The van der Waals surface area contributed by atoms with Crippen LogP contribution in [0.25, 0.3) is 0 Å². The molecule has 0 aliphatic rings. The van der Waals surface area contributed by atoms with Crippen LogP contribution < -0.4 is 16.0 Å². The first-order valence-corrected chi connectivity index (χ1v) is 19.9. The number of thioether (sulfide) groups is 1. The summed E-state index contributed by atoms with van der Waals surface area (Å²) in [5.74, 6) is -1.69. The van der Waals surface area contributed by atoms with Crippen LogP contribution in [0.2, 0.25) is 0 Å². The van der Waals surface area contributed by atoms with Crippen molar-refractivity contribution in [3.8, 4) is 0 Å². The highest BCUT2D eigenvalue weighted by Crippen LogP contribution is 2.48. The van der Waals surface area contributed by atoms with Crippen molar-refractivity contribution in [3.63, 3.8) is 0 Å². The maximum absolute atomic E-state index is 14.5. The molecule has 3 amide bonds. The van der Waals surface area contributed by atoms with Crippen molar-refractivity contribution in [2.24, 2.45) is 5.92 Å². The van der Waals surface area contributed by atoms with Gasteiger partial charge < -0.3 is 30.2 Å². The van der Waals surface area contributed by atoms with Gasteiger partial charge in [-0.15, -0.1) is 11.8 Å². The Morgan fingerprint density at radius 1 is 0.564 bits per heavy atom. The fourth-order valence-corrected chi connectivity index (χ4v) is 7.29. The summed E-state index contributed by atoms with van der Waals surface area (Å²) in [7, 11) is 0. The van der Waals surface area contributed by atoms with E-state index in [0.29, 0.717) is 6.42 Å². The standard InChI is InChI=1S/C44H61N3O7S/c1-30(2)27-34(39(50)53-42(6,7)8)45-37(48)35(28-52-41(3,4)5)46-38(49)36(47-40(51)54-43(9,10)11)29-55-44(31-21-15-12-16-22-31,32-23-17-13-18-24-32)33-25-19-14-20-26-33/h12-26,30,34-36H,27-29H2,1-11H3,(H,45,48)(H,46,49)(H,47,51)/t34-,35+,36+/m0/s1. The molecule has 300 valence electrons. The maximum atomic E-state index is 14.5. The van der Waals surface area contributed by atoms with Crippen molar-refractivity contribution >= 4 is 35.6 Å². The van der Waals surface area contributed by atoms with Crippen molar-refractivity contribution in [2.45, 2.75) is 122 Å². The fraction of sp³-hybridized carbons (Fsp3) is 0.500. The van der Waals surface area contributed by atoms with Gasteiger partial charge in [-0.2, -0.15) is 0 Å². The Bertz CT molecular complexity index is 1580. The van der Waals surface area contributed by atoms with Crippen LogP contribution in [0.4, 0.5) is 4.79 Å². The number of ether oxygens (including phenoxy) is 3. The smallest absolute Gasteiger partial charge is 0.408 e. The van der Waals surface area contributed by atoms with Crippen molar-refractivity contribution < 1.29 is 33.4 Å². The molecule has 0 fully saturated rings. The summed E-state index contributed by atoms with van der Waals surface area (Å²) in [6.45, 7) is 19.7. The molecule has 55 heavy (non-hydrogen) atoms. The van der Waals surface area contributed by atoms with Gasteiger partial charge in [0.25, 0.3) is 0 Å². The van der Waals surface area contributed by atoms with Crippen LogP contribution in [0.1, 0.15) is 99.3 Å². The van der Waals surface area contributed by atoms with Gasteiger partial charge in [0.1, 0.15) is 29.3 Å². The van der Waals surface area contributed by atoms with Crippen LogP contribution in [-0.2, 0) is 33.3 Å². The molecule has 0 aliphatic carbocycles. The first-order valence-electron chi connectivity index (χ1n) is 18.9. The molecule has 0 saturated heterocycles. The van der Waals surface area contributed by atoms with E-state index in [0.717, 1.165) is 16.7 Å². The van der Waals surface area contributed by atoms with E-state index < -0.39 is 63.6 Å². The van der Waals surface area contributed by atoms with Crippen molar-refractivity contribution in [3.05, 3.63) is 108 Å². The molecule has 0 unspecified atom stereocenters. The molecule has 0 saturated carbocycles. The van der Waals surface area contributed by atoms with Crippen LogP contribution in [0.5, 0.6) is 0 Å². The van der Waals surface area contributed by atoms with E-state index in [2.05, 4.69) is 16.0 Å². The van der Waals surface area contributed by atoms with Gasteiger partial charge in [-0.05, 0) is 91.3 Å². The number of carbonyl (C=O) groups excluding carboxylic acids is 4. The molecular formula is C44H61N3O7S. The number of rotatable bonds is 16. The molecule has 10 nitrogen and oxygen atoms in total. The van der Waals surface area contributed by atoms with E-state index in [1.165, 1.54) is 11.8 Å². The first kappa shape index (κ1) is 45.0. The number of alkyl carbamates (subject to hydrolysis) is 1. The van der Waals surface area contributed by atoms with Crippen molar-refractivity contribution in [1.82, 2.24) is 16.0 Å². The van der Waals surface area contributed by atoms with Crippen molar-refractivity contribution in [2.75, 3.05) is 12.4 Å². The summed E-state index contributed by atoms with van der Waals surface area (Å²) < 4.78 is 16.5. The molecule has 3 rings (SSSR count). The average molecular weight is 776 g/mol. The van der Waals surface area contributed by atoms with Gasteiger partial charge in [-0.3, -0.25) is 9.59 Å². The molecular weight excluding hydrogens is 715 g/mol. The monoisotopic (exact) mass is 775 g/mol. The zero-order chi connectivity index (χ0) is 41.0. The number of nitrogens with one attached hydrogen (secondary N) is 3. The van der Waals surface area contributed by atoms with Crippen LogP contribution in [0.3, 0.4) is 0 Å². The van der Waals surface area contributed by atoms with E-state index in [1.807, 2.05) is 126 Å². The normalized spacial score (nSPS) is 14.0. The largest absolute Gasteiger partial charge is 0.458 e. The van der Waals surface area contributed by atoms with E-state index in [4.69, 9.17) is 14.2 Å². The topological polar surface area (TPSA) is 132 Å². The number of hydrogen-bond acceptors (Lipinski definition) is 8. The quantitative estimate of drug-likeness (QED) is 0.0994. The molecule has 0 bridgehead atoms. The number of carbonyl (C=O) groups is 4. The molecule has 0 radical (unpaired) electrons. The Balaban J connectivity index is 2.06. The summed E-state index contributed by atoms with van der Waals surface area (Å²) in [5, 5.41) is 8.45. The van der Waals surface area contributed by atoms with E-state index in [1.54, 1.807) is 41.5 Å². The minimum Gasteiger partial charge on any atom is -0.458 e. The Hall–Kier alpha value is -4.35. The highest BCUT2D eigenvalue weighted by Gasteiger charge is 2.40. The highest BCUT2D eigenvalue weighted by molar-refractivity contribution is 8.00. The second kappa shape index (κ2) is 19.5. The average Bonchev–Trinajstić information content (AvgIpc) is 3.08. The van der Waals surface area contributed by atoms with Crippen LogP contribution in [-0.4, -0.2) is 71.2 Å². The molecule has 0 aliphatic heterocycles. The lowest BCUT2D eigenvalue weighted by Crippen LogP contribution is -2.59. The summed E-state index contributed by atoms with van der Waals surface area (Å²) >= 11 is 1.48. The third kappa shape index (κ3) is 14.7. The third-order valence-electron chi connectivity index (χ3n) is 8.05. The molecule has 0 heterocycles. The van der Waals surface area contributed by atoms with Gasteiger partial charge >= 0.3 is 12.1 Å². The molecule has 11 heteroatoms. The minimum absolute atomic E-state index is 0.0511. The number of amides is 3. The van der Waals surface area contributed by atoms with Gasteiger partial charge in [0.05, 0.1) is 17.0 Å². The van der Waals surface area contributed by atoms with Crippen molar-refractivity contribution in [1.29, 1.82) is 0 Å². The second-order valence-electron chi connectivity index (χ2n) is 17.0. The second-order valence-corrected chi connectivity index (χ2v) is 18.2. The van der Waals surface area contributed by atoms with Crippen LogP contribution >= 0.6 is 11.8 Å². The van der Waals surface area contributed by atoms with Crippen LogP contribution in [0, 0.1) is 5.92 Å². The summed E-state index contributed by atoms with van der Waals surface area (Å²) in [6.07, 6.45) is -0.464. The Labute approximate surface area is 332 Å². The predicted molar refractivity (Wildman–Crippen MR) is 220 cm³/mol. The summed E-state index contributed by atoms with van der Waals surface area (Å²) in [5.41, 5.74) is 0.660. The molecule has 0 spiro atoms. The highest BCUT2D eigenvalue weighted by atomic mass is 32.2. The SMILES string of the molecule is CC(C)C[C@H](NC(=O)[C@@H](COC(C)(C)C)NC(=O)[C@@H](CSC(c1ccccc1)(c1ccccc1)c1ccccc1)NC(=O)OC(C)(C)C)C(=O)OC(C)(C)C. The Kier molecular flexibility index (Phi) is 16.0. The molecule has 3 atom stereocenters. The Morgan fingerprint density at radius 3 is 1.38 bits per heavy atom. The van der Waals surface area contributed by atoms with Gasteiger partial charge in [-0.1, -0.05) is 105 Å². The molecule has 3 aromatic carbocycles. The summed E-state index contributed by atoms with van der Waals surface area (Å²) in [4.78, 5) is 55.1. The number of hydrogen-bond donors (Lipinski definition) is 3. The van der Waals surface area contributed by atoms with Crippen LogP contribution in [0.15, 0.2) is 91.0 Å². The molecule has 0 aromatic heterocycles. The minimum atomic E-state index is -1.22. The third-order valence-corrected chi connectivity index (χ3v) is 9.69. The lowest BCUT2D eigenvalue weighted by molar-refractivity contribution is -0.159. The van der Waals surface area contributed by atoms with E-state index in [9.17, 15) is 19.2 Å². The van der Waals surface area contributed by atoms with E-state index in [-0.39, 0.29) is 18.3 Å². The zero-order valence-electron chi connectivity index (χ0n) is 34.4. The van der Waals surface area contributed by atoms with Gasteiger partial charge in [0.2, 0.25) is 11.8 Å². The Morgan fingerprint density at radius 2 is 0.982 bits per heavy atom. The van der Waals surface area contributed by atoms with Gasteiger partial charge in [-0.25, -0.2) is 9.59 Å². The molecule has 3 N–H and O–H groups in total. The van der Waals surface area contributed by atoms with Gasteiger partial charge in [0.15, 0.2) is 0 Å². The van der Waals surface area contributed by atoms with Gasteiger partial charge in [0, 0.05) is 5.75 Å². The lowest BCUT2D eigenvalue weighted by Gasteiger charge is -2.36. The maximum Gasteiger partial charge on any atom is 0.408 e. The number of benzene rings is 3. The molecule has 3 aromatic rings. The predicted octanol–water partition coefficient (Wildman–Crippen LogP) is 7.78. The van der Waals surface area contributed by atoms with E-state index >= 15 is 0 Å².